The fourth-order valence-electron chi connectivity index (χ4n) is 2.35. The van der Waals surface area contributed by atoms with Gasteiger partial charge in [0.1, 0.15) is 12.4 Å². The Morgan fingerprint density at radius 2 is 2.04 bits per heavy atom. The molecule has 0 spiro atoms. The minimum Gasteiger partial charge on any atom is -0.324 e. The summed E-state index contributed by atoms with van der Waals surface area (Å²) in [5.74, 6) is -0.249. The average Bonchev–Trinajstić information content (AvgIpc) is 3.15. The van der Waals surface area contributed by atoms with E-state index in [1.54, 1.807) is 24.3 Å². The first-order chi connectivity index (χ1) is 11.8. The molecule has 3 aromatic rings. The van der Waals surface area contributed by atoms with Gasteiger partial charge in [-0.25, -0.2) is 4.68 Å². The van der Waals surface area contributed by atoms with Crippen LogP contribution in [0.15, 0.2) is 60.9 Å². The van der Waals surface area contributed by atoms with E-state index in [9.17, 15) is 4.79 Å². The van der Waals surface area contributed by atoms with E-state index in [1.165, 1.54) is 11.0 Å². The standard InChI is InChI=1S/C17H14N6O/c18-11-14-7-4-8-15(9-14)20-17(24)16(23-12-19-21-22-23)10-13-5-2-1-3-6-13/h1-9,12,16H,10H2,(H,20,24). The van der Waals surface area contributed by atoms with Crippen molar-refractivity contribution in [3.8, 4) is 6.07 Å². The first-order valence-corrected chi connectivity index (χ1v) is 7.33. The topological polar surface area (TPSA) is 96.5 Å². The quantitative estimate of drug-likeness (QED) is 0.775. The number of amides is 1. The third-order valence-electron chi connectivity index (χ3n) is 3.52. The van der Waals surface area contributed by atoms with Crippen molar-refractivity contribution in [2.75, 3.05) is 5.32 Å². The van der Waals surface area contributed by atoms with Crippen molar-refractivity contribution >= 4 is 11.6 Å². The maximum Gasteiger partial charge on any atom is 0.249 e. The molecule has 2 aromatic carbocycles. The molecule has 3 rings (SSSR count). The lowest BCUT2D eigenvalue weighted by atomic mass is 10.1. The molecule has 0 aliphatic heterocycles. The number of carbonyl (C=O) groups is 1. The van der Waals surface area contributed by atoms with Crippen LogP contribution in [0.4, 0.5) is 5.69 Å². The number of carbonyl (C=O) groups excluding carboxylic acids is 1. The highest BCUT2D eigenvalue weighted by Crippen LogP contribution is 2.17. The Balaban J connectivity index is 1.82. The summed E-state index contributed by atoms with van der Waals surface area (Å²) in [6, 6.07) is 17.9. The van der Waals surface area contributed by atoms with Crippen LogP contribution < -0.4 is 5.32 Å². The van der Waals surface area contributed by atoms with Crippen molar-refractivity contribution in [2.45, 2.75) is 12.5 Å². The van der Waals surface area contributed by atoms with Gasteiger partial charge in [0.15, 0.2) is 0 Å². The van der Waals surface area contributed by atoms with E-state index in [4.69, 9.17) is 5.26 Å². The van der Waals surface area contributed by atoms with Crippen LogP contribution in [-0.2, 0) is 11.2 Å². The summed E-state index contributed by atoms with van der Waals surface area (Å²) in [5, 5.41) is 22.8. The van der Waals surface area contributed by atoms with Gasteiger partial charge in [-0.05, 0) is 34.2 Å². The summed E-state index contributed by atoms with van der Waals surface area (Å²) >= 11 is 0. The second kappa shape index (κ2) is 7.15. The molecule has 0 radical (unpaired) electrons. The van der Waals surface area contributed by atoms with E-state index >= 15 is 0 Å². The van der Waals surface area contributed by atoms with Gasteiger partial charge in [0.25, 0.3) is 0 Å². The van der Waals surface area contributed by atoms with E-state index in [-0.39, 0.29) is 5.91 Å². The molecule has 0 bridgehead atoms. The van der Waals surface area contributed by atoms with Crippen molar-refractivity contribution < 1.29 is 4.79 Å². The third kappa shape index (κ3) is 3.62. The second-order valence-electron chi connectivity index (χ2n) is 5.18. The van der Waals surface area contributed by atoms with Crippen molar-refractivity contribution in [1.29, 1.82) is 5.26 Å². The zero-order chi connectivity index (χ0) is 16.8. The van der Waals surface area contributed by atoms with E-state index in [1.807, 2.05) is 36.4 Å². The molecule has 24 heavy (non-hydrogen) atoms. The Kier molecular flexibility index (Phi) is 4.58. The number of benzene rings is 2. The minimum atomic E-state index is -0.590. The number of hydrogen-bond donors (Lipinski definition) is 1. The zero-order valence-corrected chi connectivity index (χ0v) is 12.7. The number of anilines is 1. The van der Waals surface area contributed by atoms with Gasteiger partial charge in [0.2, 0.25) is 5.91 Å². The van der Waals surface area contributed by atoms with Gasteiger partial charge >= 0.3 is 0 Å². The Morgan fingerprint density at radius 1 is 1.21 bits per heavy atom. The number of aromatic nitrogens is 4. The van der Waals surface area contributed by atoms with Gasteiger partial charge in [-0.3, -0.25) is 4.79 Å². The molecule has 0 fully saturated rings. The van der Waals surface area contributed by atoms with Crippen LogP contribution in [0.2, 0.25) is 0 Å². The third-order valence-corrected chi connectivity index (χ3v) is 3.52. The first kappa shape index (κ1) is 15.4. The van der Waals surface area contributed by atoms with Crippen LogP contribution in [0.5, 0.6) is 0 Å². The number of nitriles is 1. The number of nitrogens with zero attached hydrogens (tertiary/aromatic N) is 5. The van der Waals surface area contributed by atoms with E-state index in [0.29, 0.717) is 17.7 Å². The van der Waals surface area contributed by atoms with Crippen LogP contribution in [-0.4, -0.2) is 26.1 Å². The van der Waals surface area contributed by atoms with Crippen LogP contribution in [0.3, 0.4) is 0 Å². The predicted molar refractivity (Wildman–Crippen MR) is 86.8 cm³/mol. The molecule has 0 aliphatic rings. The summed E-state index contributed by atoms with van der Waals surface area (Å²) in [4.78, 5) is 12.7. The summed E-state index contributed by atoms with van der Waals surface area (Å²) in [5.41, 5.74) is 2.04. The normalized spacial score (nSPS) is 11.5. The summed E-state index contributed by atoms with van der Waals surface area (Å²) < 4.78 is 1.43. The Labute approximate surface area is 138 Å². The molecule has 7 nitrogen and oxygen atoms in total. The Bertz CT molecular complexity index is 854. The van der Waals surface area contributed by atoms with Crippen molar-refractivity contribution in [1.82, 2.24) is 20.2 Å². The molecule has 118 valence electrons. The van der Waals surface area contributed by atoms with Crippen LogP contribution in [0.25, 0.3) is 0 Å². The van der Waals surface area contributed by atoms with Gasteiger partial charge in [-0.2, -0.15) is 5.26 Å². The lowest BCUT2D eigenvalue weighted by molar-refractivity contribution is -0.119. The molecule has 0 saturated heterocycles. The maximum atomic E-state index is 12.7. The molecule has 1 atom stereocenters. The highest BCUT2D eigenvalue weighted by atomic mass is 16.2. The lowest BCUT2D eigenvalue weighted by Gasteiger charge is -2.16. The molecule has 1 aromatic heterocycles. The number of tetrazole rings is 1. The SMILES string of the molecule is N#Cc1cccc(NC(=O)C(Cc2ccccc2)n2cnnn2)c1. The maximum absolute atomic E-state index is 12.7. The Hall–Kier alpha value is -3.53. The number of rotatable bonds is 5. The van der Waals surface area contributed by atoms with Crippen LogP contribution in [0.1, 0.15) is 17.2 Å². The van der Waals surface area contributed by atoms with Crippen LogP contribution in [0, 0.1) is 11.3 Å². The zero-order valence-electron chi connectivity index (χ0n) is 12.7. The van der Waals surface area contributed by atoms with Crippen molar-refractivity contribution in [2.24, 2.45) is 0 Å². The van der Waals surface area contributed by atoms with E-state index in [2.05, 4.69) is 20.8 Å². The van der Waals surface area contributed by atoms with Gasteiger partial charge < -0.3 is 5.32 Å². The fourth-order valence-corrected chi connectivity index (χ4v) is 2.35. The molecule has 1 unspecified atom stereocenters. The van der Waals surface area contributed by atoms with E-state index < -0.39 is 6.04 Å². The number of nitrogens with one attached hydrogen (secondary N) is 1. The molecule has 0 aliphatic carbocycles. The lowest BCUT2D eigenvalue weighted by Crippen LogP contribution is -2.28. The minimum absolute atomic E-state index is 0.249. The summed E-state index contributed by atoms with van der Waals surface area (Å²) in [7, 11) is 0. The molecular weight excluding hydrogens is 304 g/mol. The van der Waals surface area contributed by atoms with Gasteiger partial charge in [0, 0.05) is 12.1 Å². The molecule has 1 amide bonds. The molecular formula is C17H14N6O. The molecule has 7 heteroatoms. The van der Waals surface area contributed by atoms with Gasteiger partial charge in [-0.15, -0.1) is 5.10 Å². The van der Waals surface area contributed by atoms with Crippen LogP contribution >= 0.6 is 0 Å². The van der Waals surface area contributed by atoms with Crippen molar-refractivity contribution in [3.63, 3.8) is 0 Å². The highest BCUT2D eigenvalue weighted by Gasteiger charge is 2.22. The molecule has 0 saturated carbocycles. The average molecular weight is 318 g/mol. The number of hydrogen-bond acceptors (Lipinski definition) is 5. The second-order valence-corrected chi connectivity index (χ2v) is 5.18. The Morgan fingerprint density at radius 3 is 2.75 bits per heavy atom. The molecule has 1 heterocycles. The van der Waals surface area contributed by atoms with Crippen molar-refractivity contribution in [3.05, 3.63) is 72.1 Å². The largest absolute Gasteiger partial charge is 0.324 e. The van der Waals surface area contributed by atoms with Gasteiger partial charge in [-0.1, -0.05) is 36.4 Å². The summed E-state index contributed by atoms with van der Waals surface area (Å²) in [6.45, 7) is 0. The van der Waals surface area contributed by atoms with Gasteiger partial charge in [0.05, 0.1) is 11.6 Å². The van der Waals surface area contributed by atoms with E-state index in [0.717, 1.165) is 5.56 Å². The monoisotopic (exact) mass is 318 g/mol. The first-order valence-electron chi connectivity index (χ1n) is 7.33. The highest BCUT2D eigenvalue weighted by molar-refractivity contribution is 5.94. The summed E-state index contributed by atoms with van der Waals surface area (Å²) in [6.07, 6.45) is 1.87. The molecule has 1 N–H and O–H groups in total. The fraction of sp³-hybridized carbons (Fsp3) is 0.118. The smallest absolute Gasteiger partial charge is 0.249 e. The predicted octanol–water partition coefficient (Wildman–Crippen LogP) is 1.97.